The zero-order valence-corrected chi connectivity index (χ0v) is 12.4. The van der Waals surface area contributed by atoms with Crippen LogP contribution in [0.4, 0.5) is 10.7 Å². The predicted molar refractivity (Wildman–Crippen MR) is 80.2 cm³/mol. The van der Waals surface area contributed by atoms with Crippen molar-refractivity contribution in [2.24, 2.45) is 5.73 Å². The topological polar surface area (TPSA) is 119 Å². The number of primary amides is 1. The number of carbonyl (C=O) groups is 2. The fraction of sp³-hybridized carbons (Fsp3) is 0.500. The highest BCUT2D eigenvalue weighted by Crippen LogP contribution is 2.35. The van der Waals surface area contributed by atoms with Crippen LogP contribution in [0.5, 0.6) is 0 Å². The molecule has 0 fully saturated rings. The van der Waals surface area contributed by atoms with Crippen molar-refractivity contribution in [3.05, 3.63) is 10.4 Å². The summed E-state index contributed by atoms with van der Waals surface area (Å²) in [5, 5.41) is 6.16. The monoisotopic (exact) mass is 300 g/mol. The zero-order valence-electron chi connectivity index (χ0n) is 11.6. The molecule has 0 aliphatic rings. The van der Waals surface area contributed by atoms with Crippen LogP contribution in [0.3, 0.4) is 0 Å². The molecule has 0 saturated heterocycles. The van der Waals surface area contributed by atoms with Gasteiger partial charge in [0.1, 0.15) is 9.88 Å². The standard InChI is InChI=1S/C12H20N4O3S/c1-3-15-11(18)9-8(13)7(10(14)17)12(20-9)16-5-6-19-4-2/h16H,3-6,13H2,1-2H3,(H2,14,17)(H,15,18). The summed E-state index contributed by atoms with van der Waals surface area (Å²) in [7, 11) is 0. The number of nitrogen functional groups attached to an aromatic ring is 1. The molecule has 112 valence electrons. The molecule has 1 aromatic rings. The Bertz CT molecular complexity index is 487. The van der Waals surface area contributed by atoms with E-state index in [0.717, 1.165) is 11.3 Å². The van der Waals surface area contributed by atoms with Crippen LogP contribution in [-0.2, 0) is 4.74 Å². The summed E-state index contributed by atoms with van der Waals surface area (Å²) in [6, 6.07) is 0. The average Bonchev–Trinajstić information content (AvgIpc) is 2.72. The Kier molecular flexibility index (Phi) is 6.26. The molecule has 0 atom stereocenters. The highest BCUT2D eigenvalue weighted by Gasteiger charge is 2.23. The van der Waals surface area contributed by atoms with Gasteiger partial charge in [-0.05, 0) is 13.8 Å². The Balaban J connectivity index is 2.94. The Morgan fingerprint density at radius 1 is 1.35 bits per heavy atom. The highest BCUT2D eigenvalue weighted by molar-refractivity contribution is 7.19. The molecule has 0 aromatic carbocycles. The number of nitrogens with two attached hydrogens (primary N) is 2. The van der Waals surface area contributed by atoms with Crippen molar-refractivity contribution in [2.75, 3.05) is 37.4 Å². The molecule has 8 heteroatoms. The van der Waals surface area contributed by atoms with E-state index >= 15 is 0 Å². The molecule has 0 radical (unpaired) electrons. The quantitative estimate of drug-likeness (QED) is 0.525. The number of anilines is 2. The van der Waals surface area contributed by atoms with Gasteiger partial charge in [-0.25, -0.2) is 0 Å². The molecule has 0 bridgehead atoms. The molecule has 6 N–H and O–H groups in total. The van der Waals surface area contributed by atoms with Crippen molar-refractivity contribution in [2.45, 2.75) is 13.8 Å². The largest absolute Gasteiger partial charge is 0.397 e. The number of amides is 2. The fourth-order valence-electron chi connectivity index (χ4n) is 1.60. The van der Waals surface area contributed by atoms with Crippen LogP contribution in [-0.4, -0.2) is 38.1 Å². The molecule has 0 unspecified atom stereocenters. The van der Waals surface area contributed by atoms with Crippen LogP contribution in [0, 0.1) is 0 Å². The lowest BCUT2D eigenvalue weighted by molar-refractivity contribution is 0.0960. The van der Waals surface area contributed by atoms with Gasteiger partial charge in [-0.1, -0.05) is 0 Å². The first-order valence-corrected chi connectivity index (χ1v) is 7.16. The van der Waals surface area contributed by atoms with Gasteiger partial charge in [0, 0.05) is 19.7 Å². The first-order valence-electron chi connectivity index (χ1n) is 6.34. The second kappa shape index (κ2) is 7.71. The van der Waals surface area contributed by atoms with Gasteiger partial charge in [0.15, 0.2) is 0 Å². The Labute approximate surface area is 121 Å². The lowest BCUT2D eigenvalue weighted by atomic mass is 10.2. The minimum atomic E-state index is -0.659. The third-order valence-corrected chi connectivity index (χ3v) is 3.63. The minimum absolute atomic E-state index is 0.118. The molecule has 0 aliphatic carbocycles. The normalized spacial score (nSPS) is 10.3. The van der Waals surface area contributed by atoms with Gasteiger partial charge in [0.05, 0.1) is 17.9 Å². The van der Waals surface area contributed by atoms with Crippen molar-refractivity contribution in [3.63, 3.8) is 0 Å². The molecule has 0 aliphatic heterocycles. The van der Waals surface area contributed by atoms with Gasteiger partial charge in [-0.15, -0.1) is 11.3 Å². The van der Waals surface area contributed by atoms with Crippen LogP contribution < -0.4 is 22.1 Å². The number of nitrogens with one attached hydrogen (secondary N) is 2. The molecule has 2 amide bonds. The van der Waals surface area contributed by atoms with Gasteiger partial charge in [-0.3, -0.25) is 9.59 Å². The molecule has 0 spiro atoms. The van der Waals surface area contributed by atoms with Crippen LogP contribution >= 0.6 is 11.3 Å². The smallest absolute Gasteiger partial charge is 0.263 e. The second-order valence-electron chi connectivity index (χ2n) is 3.90. The Morgan fingerprint density at radius 3 is 2.60 bits per heavy atom. The number of rotatable bonds is 8. The fourth-order valence-corrected chi connectivity index (χ4v) is 2.67. The third kappa shape index (κ3) is 3.84. The SMILES string of the molecule is CCNC(=O)c1sc(NCCOCC)c(C(N)=O)c1N. The van der Waals surface area contributed by atoms with Crippen molar-refractivity contribution in [1.82, 2.24) is 5.32 Å². The highest BCUT2D eigenvalue weighted by atomic mass is 32.1. The number of thiophene rings is 1. The summed E-state index contributed by atoms with van der Waals surface area (Å²) in [6.45, 7) is 5.78. The van der Waals surface area contributed by atoms with E-state index in [4.69, 9.17) is 16.2 Å². The van der Waals surface area contributed by atoms with E-state index in [0.29, 0.717) is 36.2 Å². The van der Waals surface area contributed by atoms with Crippen molar-refractivity contribution < 1.29 is 14.3 Å². The van der Waals surface area contributed by atoms with Crippen molar-refractivity contribution >= 4 is 33.8 Å². The molecule has 1 aromatic heterocycles. The van der Waals surface area contributed by atoms with E-state index < -0.39 is 5.91 Å². The first-order chi connectivity index (χ1) is 9.52. The van der Waals surface area contributed by atoms with E-state index in [1.165, 1.54) is 0 Å². The van der Waals surface area contributed by atoms with E-state index in [1.54, 1.807) is 6.92 Å². The Hall–Kier alpha value is -1.80. The zero-order chi connectivity index (χ0) is 15.1. The van der Waals surface area contributed by atoms with Gasteiger partial charge >= 0.3 is 0 Å². The van der Waals surface area contributed by atoms with E-state index in [1.807, 2.05) is 6.92 Å². The summed E-state index contributed by atoms with van der Waals surface area (Å²) in [5.74, 6) is -0.969. The van der Waals surface area contributed by atoms with Gasteiger partial charge in [0.2, 0.25) is 0 Å². The van der Waals surface area contributed by atoms with Gasteiger partial charge in [-0.2, -0.15) is 0 Å². The predicted octanol–water partition coefficient (Wildman–Crippen LogP) is 0.627. The number of hydrogen-bond acceptors (Lipinski definition) is 6. The number of ether oxygens (including phenoxy) is 1. The minimum Gasteiger partial charge on any atom is -0.397 e. The maximum atomic E-state index is 11.8. The lowest BCUT2D eigenvalue weighted by Gasteiger charge is -2.05. The Morgan fingerprint density at radius 2 is 2.05 bits per heavy atom. The van der Waals surface area contributed by atoms with Gasteiger partial charge in [0.25, 0.3) is 11.8 Å². The first kappa shape index (κ1) is 16.3. The van der Waals surface area contributed by atoms with Crippen LogP contribution in [0.1, 0.15) is 33.9 Å². The summed E-state index contributed by atoms with van der Waals surface area (Å²) in [4.78, 5) is 23.6. The molecule has 0 saturated carbocycles. The summed E-state index contributed by atoms with van der Waals surface area (Å²) in [6.07, 6.45) is 0. The number of carbonyl (C=O) groups excluding carboxylic acids is 2. The summed E-state index contributed by atoms with van der Waals surface area (Å²) >= 11 is 1.12. The van der Waals surface area contributed by atoms with Crippen LogP contribution in [0.15, 0.2) is 0 Å². The molecular weight excluding hydrogens is 280 g/mol. The van der Waals surface area contributed by atoms with E-state index in [9.17, 15) is 9.59 Å². The van der Waals surface area contributed by atoms with Gasteiger partial charge < -0.3 is 26.8 Å². The molecular formula is C12H20N4O3S. The maximum absolute atomic E-state index is 11.8. The molecule has 1 heterocycles. The molecule has 1 rings (SSSR count). The third-order valence-electron chi connectivity index (χ3n) is 2.47. The number of hydrogen-bond donors (Lipinski definition) is 4. The maximum Gasteiger partial charge on any atom is 0.263 e. The summed E-state index contributed by atoms with van der Waals surface area (Å²) < 4.78 is 5.19. The van der Waals surface area contributed by atoms with Crippen LogP contribution in [0.25, 0.3) is 0 Å². The lowest BCUT2D eigenvalue weighted by Crippen LogP contribution is -2.23. The summed E-state index contributed by atoms with van der Waals surface area (Å²) in [5.41, 5.74) is 11.4. The molecule has 7 nitrogen and oxygen atoms in total. The second-order valence-corrected chi connectivity index (χ2v) is 4.92. The van der Waals surface area contributed by atoms with Crippen molar-refractivity contribution in [1.29, 1.82) is 0 Å². The van der Waals surface area contributed by atoms with E-state index in [2.05, 4.69) is 10.6 Å². The van der Waals surface area contributed by atoms with Crippen molar-refractivity contribution in [3.8, 4) is 0 Å². The van der Waals surface area contributed by atoms with E-state index in [-0.39, 0.29) is 17.2 Å². The van der Waals surface area contributed by atoms with Crippen LogP contribution in [0.2, 0.25) is 0 Å². The molecule has 20 heavy (non-hydrogen) atoms. The average molecular weight is 300 g/mol.